The van der Waals surface area contributed by atoms with Crippen molar-refractivity contribution in [2.75, 3.05) is 13.1 Å². The maximum absolute atomic E-state index is 11.9. The van der Waals surface area contributed by atoms with Crippen molar-refractivity contribution in [2.24, 2.45) is 0 Å². The molecular formula is C11H16N4O. The molecule has 16 heavy (non-hydrogen) atoms. The Morgan fingerprint density at radius 1 is 1.38 bits per heavy atom. The lowest BCUT2D eigenvalue weighted by atomic mass is 9.90. The third kappa shape index (κ3) is 2.55. The van der Waals surface area contributed by atoms with Gasteiger partial charge in [0.15, 0.2) is 0 Å². The van der Waals surface area contributed by atoms with Crippen LogP contribution in [0.3, 0.4) is 0 Å². The summed E-state index contributed by atoms with van der Waals surface area (Å²) >= 11 is 0. The summed E-state index contributed by atoms with van der Waals surface area (Å²) in [6.45, 7) is 3.97. The second-order valence-corrected chi connectivity index (χ2v) is 4.39. The standard InChI is InChI=1S/C11H16N4O/c1-11(2-4-12-5-3-11)15-10(16)9-6-13-8-14-7-9/h6-8,12H,2-5H2,1H3,(H,15,16). The Labute approximate surface area is 94.7 Å². The van der Waals surface area contributed by atoms with Crippen LogP contribution in [-0.2, 0) is 0 Å². The van der Waals surface area contributed by atoms with E-state index in [1.54, 1.807) is 0 Å². The van der Waals surface area contributed by atoms with Crippen LogP contribution in [0.25, 0.3) is 0 Å². The summed E-state index contributed by atoms with van der Waals surface area (Å²) in [4.78, 5) is 19.6. The van der Waals surface area contributed by atoms with Crippen molar-refractivity contribution in [2.45, 2.75) is 25.3 Å². The minimum atomic E-state index is -0.113. The molecule has 2 N–H and O–H groups in total. The molecule has 5 heteroatoms. The number of nitrogens with zero attached hydrogens (tertiary/aromatic N) is 2. The fraction of sp³-hybridized carbons (Fsp3) is 0.545. The summed E-state index contributed by atoms with van der Waals surface area (Å²) in [6, 6.07) is 0. The maximum Gasteiger partial charge on any atom is 0.254 e. The number of rotatable bonds is 2. The zero-order valence-corrected chi connectivity index (χ0v) is 9.36. The second-order valence-electron chi connectivity index (χ2n) is 4.39. The lowest BCUT2D eigenvalue weighted by Crippen LogP contribution is -2.52. The predicted octanol–water partition coefficient (Wildman–Crippen LogP) is 0.349. The monoisotopic (exact) mass is 220 g/mol. The van der Waals surface area contributed by atoms with Crippen molar-refractivity contribution in [3.8, 4) is 0 Å². The Balaban J connectivity index is 2.01. The van der Waals surface area contributed by atoms with Gasteiger partial charge in [0.05, 0.1) is 5.56 Å². The van der Waals surface area contributed by atoms with Crippen LogP contribution in [0, 0.1) is 0 Å². The van der Waals surface area contributed by atoms with Crippen LogP contribution < -0.4 is 10.6 Å². The van der Waals surface area contributed by atoms with Gasteiger partial charge in [0.2, 0.25) is 0 Å². The lowest BCUT2D eigenvalue weighted by molar-refractivity contribution is 0.0887. The summed E-state index contributed by atoms with van der Waals surface area (Å²) in [5.74, 6) is -0.0926. The SMILES string of the molecule is CC1(NC(=O)c2cncnc2)CCNCC1. The van der Waals surface area contributed by atoms with Gasteiger partial charge in [-0.05, 0) is 32.9 Å². The van der Waals surface area contributed by atoms with Gasteiger partial charge in [0, 0.05) is 17.9 Å². The van der Waals surface area contributed by atoms with E-state index in [1.807, 2.05) is 0 Å². The number of carbonyl (C=O) groups is 1. The number of piperidine rings is 1. The molecule has 1 aliphatic heterocycles. The largest absolute Gasteiger partial charge is 0.347 e. The van der Waals surface area contributed by atoms with Gasteiger partial charge in [0.25, 0.3) is 5.91 Å². The van der Waals surface area contributed by atoms with Gasteiger partial charge in [-0.1, -0.05) is 0 Å². The molecule has 2 rings (SSSR count). The second kappa shape index (κ2) is 4.57. The zero-order valence-electron chi connectivity index (χ0n) is 9.36. The van der Waals surface area contributed by atoms with Gasteiger partial charge >= 0.3 is 0 Å². The van der Waals surface area contributed by atoms with Gasteiger partial charge in [0.1, 0.15) is 6.33 Å². The molecule has 2 heterocycles. The quantitative estimate of drug-likeness (QED) is 0.754. The lowest BCUT2D eigenvalue weighted by Gasteiger charge is -2.34. The number of aromatic nitrogens is 2. The first-order chi connectivity index (χ1) is 7.70. The minimum absolute atomic E-state index is 0.0926. The molecule has 0 bridgehead atoms. The summed E-state index contributed by atoms with van der Waals surface area (Å²) in [7, 11) is 0. The van der Waals surface area contributed by atoms with Crippen molar-refractivity contribution in [1.82, 2.24) is 20.6 Å². The minimum Gasteiger partial charge on any atom is -0.347 e. The van der Waals surface area contributed by atoms with Crippen molar-refractivity contribution in [3.05, 3.63) is 24.3 Å². The number of nitrogens with one attached hydrogen (secondary N) is 2. The molecule has 0 radical (unpaired) electrons. The Hall–Kier alpha value is -1.49. The van der Waals surface area contributed by atoms with E-state index in [9.17, 15) is 4.79 Å². The van der Waals surface area contributed by atoms with Crippen LogP contribution in [0.5, 0.6) is 0 Å². The Bertz CT molecular complexity index is 360. The molecule has 1 aliphatic rings. The molecule has 0 aromatic carbocycles. The molecule has 0 spiro atoms. The summed E-state index contributed by atoms with van der Waals surface area (Å²) in [6.07, 6.45) is 6.39. The maximum atomic E-state index is 11.9. The van der Waals surface area contributed by atoms with Gasteiger partial charge in [-0.15, -0.1) is 0 Å². The molecule has 1 aromatic heterocycles. The fourth-order valence-corrected chi connectivity index (χ4v) is 1.87. The number of hydrogen-bond acceptors (Lipinski definition) is 4. The van der Waals surface area contributed by atoms with Crippen LogP contribution in [0.1, 0.15) is 30.1 Å². The van der Waals surface area contributed by atoms with Crippen molar-refractivity contribution >= 4 is 5.91 Å². The number of amides is 1. The summed E-state index contributed by atoms with van der Waals surface area (Å²) in [5, 5.41) is 6.33. The third-order valence-corrected chi connectivity index (χ3v) is 2.95. The predicted molar refractivity (Wildman–Crippen MR) is 60.0 cm³/mol. The van der Waals surface area contributed by atoms with Crippen LogP contribution >= 0.6 is 0 Å². The number of carbonyl (C=O) groups excluding carboxylic acids is 1. The molecule has 1 fully saturated rings. The highest BCUT2D eigenvalue weighted by Gasteiger charge is 2.28. The van der Waals surface area contributed by atoms with E-state index in [0.29, 0.717) is 5.56 Å². The van der Waals surface area contributed by atoms with Gasteiger partial charge in [-0.25, -0.2) is 9.97 Å². The first-order valence-electron chi connectivity index (χ1n) is 5.48. The fourth-order valence-electron chi connectivity index (χ4n) is 1.87. The zero-order chi connectivity index (χ0) is 11.4. The van der Waals surface area contributed by atoms with E-state index in [0.717, 1.165) is 25.9 Å². The highest BCUT2D eigenvalue weighted by molar-refractivity contribution is 5.94. The normalized spacial score (nSPS) is 19.1. The first kappa shape index (κ1) is 11.0. The van der Waals surface area contributed by atoms with Crippen LogP contribution in [-0.4, -0.2) is 34.5 Å². The highest BCUT2D eigenvalue weighted by Crippen LogP contribution is 2.17. The van der Waals surface area contributed by atoms with E-state index >= 15 is 0 Å². The molecule has 1 saturated heterocycles. The van der Waals surface area contributed by atoms with Crippen molar-refractivity contribution in [3.63, 3.8) is 0 Å². The smallest absolute Gasteiger partial charge is 0.254 e. The molecule has 1 amide bonds. The molecule has 0 saturated carbocycles. The van der Waals surface area contributed by atoms with Gasteiger partial charge < -0.3 is 10.6 Å². The Morgan fingerprint density at radius 2 is 2.00 bits per heavy atom. The van der Waals surface area contributed by atoms with E-state index in [2.05, 4.69) is 27.5 Å². The van der Waals surface area contributed by atoms with Crippen LogP contribution in [0.4, 0.5) is 0 Å². The van der Waals surface area contributed by atoms with Crippen molar-refractivity contribution in [1.29, 1.82) is 0 Å². The topological polar surface area (TPSA) is 66.9 Å². The molecular weight excluding hydrogens is 204 g/mol. The number of hydrogen-bond donors (Lipinski definition) is 2. The highest BCUT2D eigenvalue weighted by atomic mass is 16.1. The van der Waals surface area contributed by atoms with Gasteiger partial charge in [-0.2, -0.15) is 0 Å². The molecule has 0 unspecified atom stereocenters. The van der Waals surface area contributed by atoms with E-state index in [4.69, 9.17) is 0 Å². The van der Waals surface area contributed by atoms with Gasteiger partial charge in [-0.3, -0.25) is 4.79 Å². The molecule has 5 nitrogen and oxygen atoms in total. The van der Waals surface area contributed by atoms with E-state index in [-0.39, 0.29) is 11.4 Å². The molecule has 86 valence electrons. The summed E-state index contributed by atoms with van der Waals surface area (Å²) < 4.78 is 0. The molecule has 1 aromatic rings. The Kier molecular flexibility index (Phi) is 3.14. The Morgan fingerprint density at radius 3 is 2.62 bits per heavy atom. The van der Waals surface area contributed by atoms with Crippen LogP contribution in [0.2, 0.25) is 0 Å². The van der Waals surface area contributed by atoms with E-state index in [1.165, 1.54) is 18.7 Å². The first-order valence-corrected chi connectivity index (χ1v) is 5.48. The van der Waals surface area contributed by atoms with Crippen molar-refractivity contribution < 1.29 is 4.79 Å². The van der Waals surface area contributed by atoms with Crippen LogP contribution in [0.15, 0.2) is 18.7 Å². The third-order valence-electron chi connectivity index (χ3n) is 2.95. The average molecular weight is 220 g/mol. The molecule has 0 atom stereocenters. The molecule has 0 aliphatic carbocycles. The summed E-state index contributed by atoms with van der Waals surface area (Å²) in [5.41, 5.74) is 0.403. The van der Waals surface area contributed by atoms with E-state index < -0.39 is 0 Å². The average Bonchev–Trinajstić information content (AvgIpc) is 2.30.